The minimum atomic E-state index is -0.382. The van der Waals surface area contributed by atoms with E-state index in [1.807, 2.05) is 0 Å². The SMILES string of the molecule is Cc1ccc(CN2CC[C@H]3[C@H]2C(=O)NC[C@H](CCC(=O)N2CC[C@@H](O)C2)N3C)cc1. The topological polar surface area (TPSA) is 76.1 Å². The van der Waals surface area contributed by atoms with Crippen LogP contribution in [0.4, 0.5) is 0 Å². The molecule has 7 nitrogen and oxygen atoms in total. The predicted octanol–water partition coefficient (Wildman–Crippen LogP) is 0.742. The summed E-state index contributed by atoms with van der Waals surface area (Å²) >= 11 is 0. The number of aliphatic hydroxyl groups is 1. The number of likely N-dealkylation sites (N-methyl/N-ethyl adjacent to an activating group) is 1. The smallest absolute Gasteiger partial charge is 0.239 e. The molecule has 0 saturated carbocycles. The van der Waals surface area contributed by atoms with Crippen LogP contribution in [-0.2, 0) is 16.1 Å². The molecule has 3 saturated heterocycles. The first kappa shape index (κ1) is 21.3. The lowest BCUT2D eigenvalue weighted by Gasteiger charge is -2.33. The Bertz CT molecular complexity index is 768. The summed E-state index contributed by atoms with van der Waals surface area (Å²) < 4.78 is 0. The summed E-state index contributed by atoms with van der Waals surface area (Å²) in [5.41, 5.74) is 2.47. The van der Waals surface area contributed by atoms with E-state index in [1.165, 1.54) is 11.1 Å². The lowest BCUT2D eigenvalue weighted by Crippen LogP contribution is -2.49. The summed E-state index contributed by atoms with van der Waals surface area (Å²) in [6.07, 6.45) is 2.44. The molecule has 0 aliphatic carbocycles. The zero-order valence-corrected chi connectivity index (χ0v) is 18.1. The Morgan fingerprint density at radius 3 is 2.67 bits per heavy atom. The maximum Gasteiger partial charge on any atom is 0.239 e. The molecule has 4 rings (SSSR count). The normalized spacial score (nSPS) is 30.2. The molecular formula is C23H34N4O3. The van der Waals surface area contributed by atoms with Gasteiger partial charge in [-0.05, 0) is 38.8 Å². The third-order valence-electron chi connectivity index (χ3n) is 7.06. The lowest BCUT2D eigenvalue weighted by atomic mass is 10.0. The molecule has 1 aromatic rings. The largest absolute Gasteiger partial charge is 0.391 e. The van der Waals surface area contributed by atoms with Gasteiger partial charge in [0, 0.05) is 51.2 Å². The Morgan fingerprint density at radius 1 is 1.20 bits per heavy atom. The van der Waals surface area contributed by atoms with E-state index < -0.39 is 0 Å². The van der Waals surface area contributed by atoms with Crippen molar-refractivity contribution in [3.05, 3.63) is 35.4 Å². The molecular weight excluding hydrogens is 380 g/mol. The van der Waals surface area contributed by atoms with Crippen LogP contribution in [0.5, 0.6) is 0 Å². The number of aliphatic hydroxyl groups excluding tert-OH is 1. The molecule has 0 unspecified atom stereocenters. The third-order valence-corrected chi connectivity index (χ3v) is 7.06. The van der Waals surface area contributed by atoms with Gasteiger partial charge < -0.3 is 15.3 Å². The first-order valence-electron chi connectivity index (χ1n) is 11.2. The highest BCUT2D eigenvalue weighted by molar-refractivity contribution is 5.83. The molecule has 3 heterocycles. The van der Waals surface area contributed by atoms with E-state index in [9.17, 15) is 14.7 Å². The average molecular weight is 415 g/mol. The van der Waals surface area contributed by atoms with Crippen LogP contribution in [0.15, 0.2) is 24.3 Å². The molecule has 3 fully saturated rings. The number of rotatable bonds is 5. The van der Waals surface area contributed by atoms with Gasteiger partial charge in [0.05, 0.1) is 6.10 Å². The second kappa shape index (κ2) is 9.04. The fourth-order valence-electron chi connectivity index (χ4n) is 5.17. The summed E-state index contributed by atoms with van der Waals surface area (Å²) in [4.78, 5) is 31.8. The molecule has 2 amide bonds. The maximum atomic E-state index is 12.9. The van der Waals surface area contributed by atoms with E-state index in [-0.39, 0.29) is 36.0 Å². The van der Waals surface area contributed by atoms with Crippen LogP contribution >= 0.6 is 0 Å². The number of hydrogen-bond acceptors (Lipinski definition) is 5. The van der Waals surface area contributed by atoms with Crippen LogP contribution in [-0.4, -0.2) is 89.1 Å². The number of likely N-dealkylation sites (tertiary alicyclic amines) is 2. The fourth-order valence-corrected chi connectivity index (χ4v) is 5.17. The van der Waals surface area contributed by atoms with Crippen LogP contribution in [0.2, 0.25) is 0 Å². The van der Waals surface area contributed by atoms with Crippen molar-refractivity contribution in [2.45, 2.75) is 63.4 Å². The minimum Gasteiger partial charge on any atom is -0.391 e. The zero-order valence-electron chi connectivity index (χ0n) is 18.1. The Hall–Kier alpha value is -1.96. The van der Waals surface area contributed by atoms with E-state index in [4.69, 9.17) is 0 Å². The highest BCUT2D eigenvalue weighted by atomic mass is 16.3. The minimum absolute atomic E-state index is 0.105. The van der Waals surface area contributed by atoms with Crippen molar-refractivity contribution in [2.75, 3.05) is 33.2 Å². The molecule has 4 atom stereocenters. The van der Waals surface area contributed by atoms with Crippen LogP contribution in [0, 0.1) is 6.92 Å². The number of nitrogens with one attached hydrogen (secondary N) is 1. The van der Waals surface area contributed by atoms with Crippen molar-refractivity contribution in [2.24, 2.45) is 0 Å². The van der Waals surface area contributed by atoms with E-state index in [0.29, 0.717) is 32.5 Å². The van der Waals surface area contributed by atoms with Gasteiger partial charge in [0.2, 0.25) is 11.8 Å². The van der Waals surface area contributed by atoms with Crippen molar-refractivity contribution in [1.82, 2.24) is 20.0 Å². The second-order valence-corrected chi connectivity index (χ2v) is 9.14. The Kier molecular flexibility index (Phi) is 6.41. The number of carbonyl (C=O) groups excluding carboxylic acids is 2. The van der Waals surface area contributed by atoms with Crippen LogP contribution in [0.3, 0.4) is 0 Å². The summed E-state index contributed by atoms with van der Waals surface area (Å²) in [6, 6.07) is 8.70. The van der Waals surface area contributed by atoms with Crippen molar-refractivity contribution in [1.29, 1.82) is 0 Å². The van der Waals surface area contributed by atoms with Gasteiger partial charge in [0.1, 0.15) is 6.04 Å². The molecule has 2 N–H and O–H groups in total. The average Bonchev–Trinajstić information content (AvgIpc) is 3.32. The number of nitrogens with zero attached hydrogens (tertiary/aromatic N) is 3. The van der Waals surface area contributed by atoms with Crippen molar-refractivity contribution in [3.8, 4) is 0 Å². The van der Waals surface area contributed by atoms with Gasteiger partial charge in [-0.25, -0.2) is 0 Å². The number of benzene rings is 1. The number of hydrogen-bond donors (Lipinski definition) is 2. The van der Waals surface area contributed by atoms with Gasteiger partial charge >= 0.3 is 0 Å². The van der Waals surface area contributed by atoms with E-state index in [1.54, 1.807) is 4.90 Å². The quantitative estimate of drug-likeness (QED) is 0.743. The maximum absolute atomic E-state index is 12.9. The zero-order chi connectivity index (χ0) is 21.3. The highest BCUT2D eigenvalue weighted by Crippen LogP contribution is 2.28. The summed E-state index contributed by atoms with van der Waals surface area (Å²) in [6.45, 7) is 5.45. The molecule has 0 aromatic heterocycles. The van der Waals surface area contributed by atoms with Gasteiger partial charge in [0.25, 0.3) is 0 Å². The Morgan fingerprint density at radius 2 is 1.97 bits per heavy atom. The number of amides is 2. The Balaban J connectivity index is 1.37. The molecule has 0 spiro atoms. The number of fused-ring (bicyclic) bond motifs is 1. The molecule has 0 radical (unpaired) electrons. The van der Waals surface area contributed by atoms with Crippen molar-refractivity contribution >= 4 is 11.8 Å². The number of carbonyl (C=O) groups is 2. The summed E-state index contributed by atoms with van der Waals surface area (Å²) in [7, 11) is 2.10. The van der Waals surface area contributed by atoms with Crippen LogP contribution in [0.1, 0.15) is 36.8 Å². The highest BCUT2D eigenvalue weighted by Gasteiger charge is 2.45. The lowest BCUT2D eigenvalue weighted by molar-refractivity contribution is -0.131. The van der Waals surface area contributed by atoms with Crippen molar-refractivity contribution in [3.63, 3.8) is 0 Å². The molecule has 7 heteroatoms. The second-order valence-electron chi connectivity index (χ2n) is 9.14. The number of aryl methyl sites for hydroxylation is 1. The van der Waals surface area contributed by atoms with Crippen LogP contribution in [0.25, 0.3) is 0 Å². The van der Waals surface area contributed by atoms with Gasteiger partial charge in [-0.3, -0.25) is 19.4 Å². The van der Waals surface area contributed by atoms with E-state index in [2.05, 4.69) is 53.4 Å². The molecule has 3 aliphatic heterocycles. The summed E-state index contributed by atoms with van der Waals surface area (Å²) in [5.74, 6) is 0.215. The van der Waals surface area contributed by atoms with Gasteiger partial charge in [-0.15, -0.1) is 0 Å². The molecule has 3 aliphatic rings. The predicted molar refractivity (Wildman–Crippen MR) is 115 cm³/mol. The number of β-amino-alcohol motifs (C(OH)–C–C–N with tert-alkyl or cyclic N) is 1. The van der Waals surface area contributed by atoms with E-state index >= 15 is 0 Å². The first-order chi connectivity index (χ1) is 14.4. The molecule has 30 heavy (non-hydrogen) atoms. The van der Waals surface area contributed by atoms with Gasteiger partial charge in [-0.2, -0.15) is 0 Å². The van der Waals surface area contributed by atoms with Crippen molar-refractivity contribution < 1.29 is 14.7 Å². The third kappa shape index (κ3) is 4.53. The fraction of sp³-hybridized carbons (Fsp3) is 0.652. The monoisotopic (exact) mass is 414 g/mol. The first-order valence-corrected chi connectivity index (χ1v) is 11.2. The molecule has 164 valence electrons. The van der Waals surface area contributed by atoms with E-state index in [0.717, 1.165) is 25.9 Å². The molecule has 0 bridgehead atoms. The van der Waals surface area contributed by atoms with Gasteiger partial charge in [-0.1, -0.05) is 29.8 Å². The summed E-state index contributed by atoms with van der Waals surface area (Å²) in [5, 5.41) is 12.8. The Labute approximate surface area is 179 Å². The van der Waals surface area contributed by atoms with Gasteiger partial charge in [0.15, 0.2) is 0 Å². The molecule has 1 aromatic carbocycles. The standard InChI is InChI=1S/C23H34N4O3/c1-16-3-5-17(6-4-16)14-27-12-10-20-22(27)23(30)24-13-18(25(20)2)7-8-21(29)26-11-9-19(28)15-26/h3-6,18-20,22,28H,7-15H2,1-2H3,(H,24,30)/t18-,19+,20-,22-/m0/s1. The van der Waals surface area contributed by atoms with Crippen LogP contribution < -0.4 is 5.32 Å².